The molecule has 1 aliphatic rings. The first-order valence-corrected chi connectivity index (χ1v) is 8.17. The summed E-state index contributed by atoms with van der Waals surface area (Å²) in [7, 11) is 0. The van der Waals surface area contributed by atoms with Crippen LogP contribution in [0.2, 0.25) is 0 Å². The second-order valence-electron chi connectivity index (χ2n) is 6.54. The summed E-state index contributed by atoms with van der Waals surface area (Å²) in [5.41, 5.74) is 0.0278. The number of carboxylic acids is 1. The summed E-state index contributed by atoms with van der Waals surface area (Å²) in [6, 6.07) is 0. The van der Waals surface area contributed by atoms with Crippen molar-refractivity contribution in [2.45, 2.75) is 52.1 Å². The van der Waals surface area contributed by atoms with Crippen molar-refractivity contribution in [1.29, 1.82) is 0 Å². The third kappa shape index (κ3) is 3.97. The fourth-order valence-corrected chi connectivity index (χ4v) is 3.49. The van der Waals surface area contributed by atoms with Crippen LogP contribution >= 0.6 is 11.3 Å². The minimum Gasteiger partial charge on any atom is -0.477 e. The second-order valence-corrected chi connectivity index (χ2v) is 7.57. The van der Waals surface area contributed by atoms with Crippen LogP contribution in [-0.4, -0.2) is 45.7 Å². The van der Waals surface area contributed by atoms with Gasteiger partial charge >= 0.3 is 12.1 Å². The van der Waals surface area contributed by atoms with Crippen molar-refractivity contribution in [3.8, 4) is 0 Å². The van der Waals surface area contributed by atoms with Crippen LogP contribution in [0.3, 0.4) is 0 Å². The van der Waals surface area contributed by atoms with E-state index in [0.29, 0.717) is 18.8 Å². The quantitative estimate of drug-likeness (QED) is 0.902. The molecule has 1 N–H and O–H groups in total. The predicted octanol–water partition coefficient (Wildman–Crippen LogP) is 3.26. The number of aromatic nitrogens is 1. The predicted molar refractivity (Wildman–Crippen MR) is 83.6 cm³/mol. The number of hydrogen-bond donors (Lipinski definition) is 1. The van der Waals surface area contributed by atoms with Gasteiger partial charge in [-0.15, -0.1) is 11.3 Å². The number of aromatic carboxylic acids is 1. The Labute approximate surface area is 134 Å². The molecule has 122 valence electrons. The Kier molecular flexibility index (Phi) is 4.75. The molecule has 0 bridgehead atoms. The van der Waals surface area contributed by atoms with Gasteiger partial charge in [-0.2, -0.15) is 0 Å². The molecule has 6 nitrogen and oxygen atoms in total. The molecule has 1 aromatic heterocycles. The minimum absolute atomic E-state index is 0.0815. The van der Waals surface area contributed by atoms with Crippen LogP contribution in [-0.2, 0) is 4.74 Å². The maximum atomic E-state index is 12.2. The van der Waals surface area contributed by atoms with E-state index in [0.717, 1.165) is 17.8 Å². The fraction of sp³-hybridized carbons (Fsp3) is 0.667. The highest BCUT2D eigenvalue weighted by atomic mass is 32.1. The van der Waals surface area contributed by atoms with Crippen LogP contribution in [0.5, 0.6) is 0 Å². The highest BCUT2D eigenvalue weighted by Crippen LogP contribution is 2.32. The number of rotatable bonds is 2. The molecule has 2 rings (SSSR count). The normalized spacial score (nSPS) is 19.1. The Morgan fingerprint density at radius 3 is 2.64 bits per heavy atom. The van der Waals surface area contributed by atoms with Crippen LogP contribution in [0.1, 0.15) is 59.9 Å². The van der Waals surface area contributed by atoms with Gasteiger partial charge in [0.05, 0.1) is 10.7 Å². The number of likely N-dealkylation sites (tertiary alicyclic amines) is 1. The van der Waals surface area contributed by atoms with Crippen molar-refractivity contribution in [3.63, 3.8) is 0 Å². The van der Waals surface area contributed by atoms with Gasteiger partial charge < -0.3 is 14.7 Å². The molecule has 0 aromatic carbocycles. The maximum absolute atomic E-state index is 12.2. The highest BCUT2D eigenvalue weighted by Gasteiger charge is 2.30. The molecule has 22 heavy (non-hydrogen) atoms. The van der Waals surface area contributed by atoms with E-state index in [1.165, 1.54) is 11.3 Å². The first-order valence-electron chi connectivity index (χ1n) is 7.36. The molecule has 1 fully saturated rings. The first-order chi connectivity index (χ1) is 10.2. The topological polar surface area (TPSA) is 79.7 Å². The van der Waals surface area contributed by atoms with Crippen molar-refractivity contribution in [3.05, 3.63) is 15.6 Å². The molecule has 0 aliphatic carbocycles. The number of nitrogens with zero attached hydrogens (tertiary/aromatic N) is 2. The zero-order valence-corrected chi connectivity index (χ0v) is 14.2. The van der Waals surface area contributed by atoms with E-state index >= 15 is 0 Å². The van der Waals surface area contributed by atoms with Crippen molar-refractivity contribution in [1.82, 2.24) is 9.88 Å². The van der Waals surface area contributed by atoms with Crippen LogP contribution in [0.15, 0.2) is 0 Å². The van der Waals surface area contributed by atoms with Gasteiger partial charge in [0, 0.05) is 19.0 Å². The van der Waals surface area contributed by atoms with E-state index < -0.39 is 11.6 Å². The monoisotopic (exact) mass is 326 g/mol. The molecule has 1 unspecified atom stereocenters. The summed E-state index contributed by atoms with van der Waals surface area (Å²) in [5.74, 6) is -0.862. The molecular weight excluding hydrogens is 304 g/mol. The minimum atomic E-state index is -0.943. The molecule has 1 aliphatic heterocycles. The Bertz CT molecular complexity index is 577. The molecule has 1 aromatic rings. The summed E-state index contributed by atoms with van der Waals surface area (Å²) >= 11 is 1.21. The lowest BCUT2D eigenvalue weighted by Gasteiger charge is -2.33. The molecule has 7 heteroatoms. The average molecular weight is 326 g/mol. The lowest BCUT2D eigenvalue weighted by molar-refractivity contribution is 0.0198. The zero-order chi connectivity index (χ0) is 16.5. The zero-order valence-electron chi connectivity index (χ0n) is 13.4. The number of carboxylic acid groups (broad SMARTS) is 1. The molecule has 1 atom stereocenters. The van der Waals surface area contributed by atoms with Gasteiger partial charge in [-0.1, -0.05) is 0 Å². The van der Waals surface area contributed by atoms with Crippen molar-refractivity contribution < 1.29 is 19.4 Å². The Morgan fingerprint density at radius 2 is 2.09 bits per heavy atom. The number of ether oxygens (including phenoxy) is 1. The van der Waals surface area contributed by atoms with Gasteiger partial charge in [0.25, 0.3) is 0 Å². The van der Waals surface area contributed by atoms with E-state index in [-0.39, 0.29) is 16.9 Å². The third-order valence-electron chi connectivity index (χ3n) is 3.43. The largest absolute Gasteiger partial charge is 0.477 e. The van der Waals surface area contributed by atoms with Crippen molar-refractivity contribution in [2.24, 2.45) is 0 Å². The summed E-state index contributed by atoms with van der Waals surface area (Å²) in [6.07, 6.45) is 1.46. The van der Waals surface area contributed by atoms with E-state index in [9.17, 15) is 9.59 Å². The standard InChI is InChI=1S/C15H22N2O4S/c1-9-11(13(18)19)22-12(16-9)10-6-5-7-17(8-10)14(20)21-15(2,3)4/h10H,5-8H2,1-4H3,(H,18,19). The lowest BCUT2D eigenvalue weighted by atomic mass is 9.99. The van der Waals surface area contributed by atoms with E-state index in [1.54, 1.807) is 11.8 Å². The Balaban J connectivity index is 2.09. The fourth-order valence-electron chi connectivity index (χ4n) is 2.46. The Morgan fingerprint density at radius 1 is 1.41 bits per heavy atom. The van der Waals surface area contributed by atoms with Gasteiger partial charge in [0.2, 0.25) is 0 Å². The van der Waals surface area contributed by atoms with Crippen LogP contribution in [0.25, 0.3) is 0 Å². The van der Waals surface area contributed by atoms with Crippen LogP contribution < -0.4 is 0 Å². The van der Waals surface area contributed by atoms with Gasteiger partial charge in [0.15, 0.2) is 0 Å². The molecule has 0 spiro atoms. The van der Waals surface area contributed by atoms with Gasteiger partial charge in [0.1, 0.15) is 10.5 Å². The summed E-state index contributed by atoms with van der Waals surface area (Å²) < 4.78 is 5.40. The molecule has 2 heterocycles. The van der Waals surface area contributed by atoms with Gasteiger partial charge in [-0.3, -0.25) is 0 Å². The van der Waals surface area contributed by atoms with E-state index in [1.807, 2.05) is 20.8 Å². The third-order valence-corrected chi connectivity index (χ3v) is 4.74. The van der Waals surface area contributed by atoms with E-state index in [2.05, 4.69) is 4.98 Å². The van der Waals surface area contributed by atoms with E-state index in [4.69, 9.17) is 9.84 Å². The van der Waals surface area contributed by atoms with Crippen molar-refractivity contribution >= 4 is 23.4 Å². The number of carbonyl (C=O) groups is 2. The van der Waals surface area contributed by atoms with Crippen molar-refractivity contribution in [2.75, 3.05) is 13.1 Å². The second kappa shape index (κ2) is 6.24. The molecular formula is C15H22N2O4S. The van der Waals surface area contributed by atoms with Gasteiger partial charge in [-0.25, -0.2) is 14.6 Å². The van der Waals surface area contributed by atoms with Crippen LogP contribution in [0, 0.1) is 6.92 Å². The van der Waals surface area contributed by atoms with Gasteiger partial charge in [-0.05, 0) is 40.5 Å². The van der Waals surface area contributed by atoms with Crippen LogP contribution in [0.4, 0.5) is 4.79 Å². The smallest absolute Gasteiger partial charge is 0.410 e. The maximum Gasteiger partial charge on any atom is 0.410 e. The number of hydrogen-bond acceptors (Lipinski definition) is 5. The first kappa shape index (κ1) is 16.7. The number of aryl methyl sites for hydroxylation is 1. The summed E-state index contributed by atoms with van der Waals surface area (Å²) in [4.78, 5) is 29.7. The SMILES string of the molecule is Cc1nc(C2CCCN(C(=O)OC(C)(C)C)C2)sc1C(=O)O. The number of piperidine rings is 1. The summed E-state index contributed by atoms with van der Waals surface area (Å²) in [5, 5.41) is 9.93. The molecule has 0 saturated carbocycles. The number of amides is 1. The number of thiazole rings is 1. The summed E-state index contributed by atoms with van der Waals surface area (Å²) in [6.45, 7) is 8.43. The lowest BCUT2D eigenvalue weighted by Crippen LogP contribution is -2.42. The highest BCUT2D eigenvalue weighted by molar-refractivity contribution is 7.13. The molecule has 0 radical (unpaired) electrons. The molecule has 1 amide bonds. The molecule has 1 saturated heterocycles. The Hall–Kier alpha value is -1.63. The number of carbonyl (C=O) groups excluding carboxylic acids is 1. The average Bonchev–Trinajstić information content (AvgIpc) is 2.79.